The van der Waals surface area contributed by atoms with Gasteiger partial charge in [-0.1, -0.05) is 22.0 Å². The predicted octanol–water partition coefficient (Wildman–Crippen LogP) is 4.43. The number of benzene rings is 2. The Morgan fingerprint density at radius 3 is 2.83 bits per heavy atom. The highest BCUT2D eigenvalue weighted by molar-refractivity contribution is 9.10. The topological polar surface area (TPSA) is 60.2 Å². The number of nitrogens with zero attached hydrogens (tertiary/aromatic N) is 2. The standard InChI is InChI=1S/C17H16BrN3O2/c1-11-8-13(18)6-7-15(11)19-10-16-20-21-17(23-16)12-4-3-5-14(9-12)22-2/h3-9,19H,10H2,1-2H3. The molecule has 0 radical (unpaired) electrons. The molecule has 0 saturated carbocycles. The lowest BCUT2D eigenvalue weighted by molar-refractivity contribution is 0.414. The fourth-order valence-corrected chi connectivity index (χ4v) is 2.67. The van der Waals surface area contributed by atoms with E-state index in [1.807, 2.05) is 43.3 Å². The largest absolute Gasteiger partial charge is 0.497 e. The van der Waals surface area contributed by atoms with Gasteiger partial charge < -0.3 is 14.5 Å². The average Bonchev–Trinajstić information content (AvgIpc) is 3.03. The van der Waals surface area contributed by atoms with Crippen molar-refractivity contribution in [2.45, 2.75) is 13.5 Å². The van der Waals surface area contributed by atoms with E-state index >= 15 is 0 Å². The lowest BCUT2D eigenvalue weighted by atomic mass is 10.2. The molecule has 0 fully saturated rings. The molecule has 3 rings (SSSR count). The van der Waals surface area contributed by atoms with Crippen molar-refractivity contribution in [2.75, 3.05) is 12.4 Å². The van der Waals surface area contributed by atoms with Crippen LogP contribution in [-0.4, -0.2) is 17.3 Å². The zero-order valence-electron chi connectivity index (χ0n) is 12.8. The van der Waals surface area contributed by atoms with Crippen LogP contribution in [0.15, 0.2) is 51.4 Å². The summed E-state index contributed by atoms with van der Waals surface area (Å²) in [7, 11) is 1.63. The molecule has 6 heteroatoms. The summed E-state index contributed by atoms with van der Waals surface area (Å²) in [5, 5.41) is 11.5. The predicted molar refractivity (Wildman–Crippen MR) is 92.5 cm³/mol. The molecule has 2 aromatic carbocycles. The molecule has 1 N–H and O–H groups in total. The summed E-state index contributed by atoms with van der Waals surface area (Å²) in [5.41, 5.74) is 3.02. The first-order valence-corrected chi connectivity index (χ1v) is 7.92. The number of rotatable bonds is 5. The van der Waals surface area contributed by atoms with E-state index in [9.17, 15) is 0 Å². The number of anilines is 1. The first kappa shape index (κ1) is 15.6. The van der Waals surface area contributed by atoms with E-state index < -0.39 is 0 Å². The molecular weight excluding hydrogens is 358 g/mol. The number of ether oxygens (including phenoxy) is 1. The highest BCUT2D eigenvalue weighted by atomic mass is 79.9. The monoisotopic (exact) mass is 373 g/mol. The van der Waals surface area contributed by atoms with Gasteiger partial charge in [-0.15, -0.1) is 10.2 Å². The summed E-state index contributed by atoms with van der Waals surface area (Å²) in [6.07, 6.45) is 0. The van der Waals surface area contributed by atoms with Crippen molar-refractivity contribution in [1.82, 2.24) is 10.2 Å². The van der Waals surface area contributed by atoms with Crippen LogP contribution in [-0.2, 0) is 6.54 Å². The van der Waals surface area contributed by atoms with Gasteiger partial charge in [-0.2, -0.15) is 0 Å². The van der Waals surface area contributed by atoms with Crippen molar-refractivity contribution >= 4 is 21.6 Å². The second-order valence-corrected chi connectivity index (χ2v) is 5.96. The van der Waals surface area contributed by atoms with Crippen molar-refractivity contribution in [3.63, 3.8) is 0 Å². The van der Waals surface area contributed by atoms with Gasteiger partial charge in [-0.05, 0) is 48.9 Å². The van der Waals surface area contributed by atoms with Gasteiger partial charge >= 0.3 is 0 Å². The third kappa shape index (κ3) is 3.71. The van der Waals surface area contributed by atoms with E-state index in [0.717, 1.165) is 27.0 Å². The third-order valence-corrected chi connectivity index (χ3v) is 3.90. The number of hydrogen-bond acceptors (Lipinski definition) is 5. The van der Waals surface area contributed by atoms with E-state index in [4.69, 9.17) is 9.15 Å². The van der Waals surface area contributed by atoms with Crippen LogP contribution in [0.2, 0.25) is 0 Å². The molecule has 0 saturated heterocycles. The molecule has 3 aromatic rings. The maximum Gasteiger partial charge on any atom is 0.247 e. The molecule has 0 bridgehead atoms. The second-order valence-electron chi connectivity index (χ2n) is 5.05. The summed E-state index contributed by atoms with van der Waals surface area (Å²) in [5.74, 6) is 1.77. The Kier molecular flexibility index (Phi) is 4.62. The maximum absolute atomic E-state index is 5.70. The molecule has 1 aromatic heterocycles. The van der Waals surface area contributed by atoms with Gasteiger partial charge in [-0.25, -0.2) is 0 Å². The van der Waals surface area contributed by atoms with Gasteiger partial charge in [0.15, 0.2) is 0 Å². The van der Waals surface area contributed by atoms with Crippen molar-refractivity contribution in [3.05, 3.63) is 58.4 Å². The number of nitrogens with one attached hydrogen (secondary N) is 1. The summed E-state index contributed by atoms with van der Waals surface area (Å²) < 4.78 is 12.0. The normalized spacial score (nSPS) is 10.6. The summed E-state index contributed by atoms with van der Waals surface area (Å²) in [4.78, 5) is 0. The van der Waals surface area contributed by atoms with Crippen LogP contribution in [0.1, 0.15) is 11.5 Å². The summed E-state index contributed by atoms with van der Waals surface area (Å²) in [6, 6.07) is 13.6. The molecule has 0 aliphatic heterocycles. The smallest absolute Gasteiger partial charge is 0.247 e. The maximum atomic E-state index is 5.70. The highest BCUT2D eigenvalue weighted by Crippen LogP contribution is 2.24. The van der Waals surface area contributed by atoms with Gasteiger partial charge in [0.2, 0.25) is 11.8 Å². The van der Waals surface area contributed by atoms with Crippen LogP contribution in [0.25, 0.3) is 11.5 Å². The van der Waals surface area contributed by atoms with E-state index in [1.54, 1.807) is 7.11 Å². The van der Waals surface area contributed by atoms with Gasteiger partial charge in [-0.3, -0.25) is 0 Å². The van der Waals surface area contributed by atoms with Gasteiger partial charge in [0.1, 0.15) is 5.75 Å². The highest BCUT2D eigenvalue weighted by Gasteiger charge is 2.09. The average molecular weight is 374 g/mol. The van der Waals surface area contributed by atoms with Crippen LogP contribution >= 0.6 is 15.9 Å². The molecule has 0 aliphatic carbocycles. The van der Waals surface area contributed by atoms with Crippen LogP contribution in [0.4, 0.5) is 5.69 Å². The van der Waals surface area contributed by atoms with Crippen molar-refractivity contribution in [3.8, 4) is 17.2 Å². The van der Waals surface area contributed by atoms with Gasteiger partial charge in [0.05, 0.1) is 13.7 Å². The fourth-order valence-electron chi connectivity index (χ4n) is 2.19. The second kappa shape index (κ2) is 6.83. The molecule has 5 nitrogen and oxygen atoms in total. The Bertz CT molecular complexity index is 817. The quantitative estimate of drug-likeness (QED) is 0.716. The van der Waals surface area contributed by atoms with Gasteiger partial charge in [0, 0.05) is 15.7 Å². The van der Waals surface area contributed by atoms with Crippen LogP contribution in [0, 0.1) is 6.92 Å². The van der Waals surface area contributed by atoms with E-state index in [1.165, 1.54) is 0 Å². The Morgan fingerprint density at radius 1 is 1.17 bits per heavy atom. The third-order valence-electron chi connectivity index (χ3n) is 3.40. The van der Waals surface area contributed by atoms with E-state index in [0.29, 0.717) is 18.3 Å². The molecule has 0 amide bonds. The van der Waals surface area contributed by atoms with Crippen LogP contribution in [0.5, 0.6) is 5.75 Å². The van der Waals surface area contributed by atoms with Crippen molar-refractivity contribution in [2.24, 2.45) is 0 Å². The number of hydrogen-bond donors (Lipinski definition) is 1. The molecule has 0 aliphatic rings. The minimum atomic E-state index is 0.472. The molecule has 23 heavy (non-hydrogen) atoms. The van der Waals surface area contributed by atoms with Crippen molar-refractivity contribution in [1.29, 1.82) is 0 Å². The van der Waals surface area contributed by atoms with E-state index in [2.05, 4.69) is 37.5 Å². The van der Waals surface area contributed by atoms with Crippen LogP contribution < -0.4 is 10.1 Å². The fraction of sp³-hybridized carbons (Fsp3) is 0.176. The zero-order chi connectivity index (χ0) is 16.2. The molecular formula is C17H16BrN3O2. The minimum absolute atomic E-state index is 0.472. The van der Waals surface area contributed by atoms with Crippen LogP contribution in [0.3, 0.4) is 0 Å². The Hall–Kier alpha value is -2.34. The SMILES string of the molecule is COc1cccc(-c2nnc(CNc3ccc(Br)cc3C)o2)c1. The minimum Gasteiger partial charge on any atom is -0.497 e. The Morgan fingerprint density at radius 2 is 2.04 bits per heavy atom. The zero-order valence-corrected chi connectivity index (χ0v) is 14.4. The summed E-state index contributed by atoms with van der Waals surface area (Å²) in [6.45, 7) is 2.52. The Balaban J connectivity index is 1.72. The van der Waals surface area contributed by atoms with Crippen molar-refractivity contribution < 1.29 is 9.15 Å². The molecule has 0 unspecified atom stereocenters. The summed E-state index contributed by atoms with van der Waals surface area (Å²) >= 11 is 3.45. The number of aromatic nitrogens is 2. The van der Waals surface area contributed by atoms with E-state index in [-0.39, 0.29) is 0 Å². The number of methoxy groups -OCH3 is 1. The first-order valence-electron chi connectivity index (χ1n) is 7.12. The lowest BCUT2D eigenvalue weighted by Crippen LogP contribution is -2.01. The van der Waals surface area contributed by atoms with Gasteiger partial charge in [0.25, 0.3) is 0 Å². The number of aryl methyl sites for hydroxylation is 1. The number of halogens is 1. The lowest BCUT2D eigenvalue weighted by Gasteiger charge is -2.07. The molecule has 1 heterocycles. The molecule has 0 atom stereocenters. The molecule has 0 spiro atoms. The Labute approximate surface area is 142 Å². The first-order chi connectivity index (χ1) is 11.2. The molecule has 118 valence electrons.